The Bertz CT molecular complexity index is 803. The highest BCUT2D eigenvalue weighted by atomic mass is 16.5. The second-order valence-corrected chi connectivity index (χ2v) is 7.54. The van der Waals surface area contributed by atoms with Crippen molar-refractivity contribution in [3.8, 4) is 11.5 Å². The molecule has 0 unspecified atom stereocenters. The molecule has 0 spiro atoms. The molecule has 0 fully saturated rings. The van der Waals surface area contributed by atoms with E-state index in [1.54, 1.807) is 48.5 Å². The fraction of sp³-hybridized carbons (Fsp3) is 0.440. The third-order valence-corrected chi connectivity index (χ3v) is 4.71. The first kappa shape index (κ1) is 24.3. The topological polar surface area (TPSA) is 76.7 Å². The number of carbonyl (C=O) groups excluding carboxylic acids is 2. The van der Waals surface area contributed by atoms with Gasteiger partial charge in [0, 0.05) is 23.7 Å². The van der Waals surface area contributed by atoms with Gasteiger partial charge < -0.3 is 20.1 Å². The van der Waals surface area contributed by atoms with Crippen LogP contribution >= 0.6 is 0 Å². The summed E-state index contributed by atoms with van der Waals surface area (Å²) in [7, 11) is 0. The smallest absolute Gasteiger partial charge is 0.251 e. The number of rotatable bonds is 13. The van der Waals surface area contributed by atoms with E-state index in [0.29, 0.717) is 30.9 Å². The molecule has 0 aliphatic rings. The van der Waals surface area contributed by atoms with Gasteiger partial charge >= 0.3 is 0 Å². The second-order valence-electron chi connectivity index (χ2n) is 7.54. The van der Waals surface area contributed by atoms with Crippen LogP contribution < -0.4 is 20.1 Å². The van der Waals surface area contributed by atoms with Crippen LogP contribution in [0.25, 0.3) is 0 Å². The van der Waals surface area contributed by atoms with E-state index in [9.17, 15) is 9.59 Å². The Labute approximate surface area is 185 Å². The van der Waals surface area contributed by atoms with Gasteiger partial charge in [-0.2, -0.15) is 0 Å². The van der Waals surface area contributed by atoms with Crippen molar-refractivity contribution in [2.45, 2.75) is 52.5 Å². The molecule has 0 bridgehead atoms. The highest BCUT2D eigenvalue weighted by molar-refractivity contribution is 5.95. The highest BCUT2D eigenvalue weighted by Crippen LogP contribution is 2.14. The lowest BCUT2D eigenvalue weighted by Gasteiger charge is -2.15. The fourth-order valence-electron chi connectivity index (χ4n) is 2.78. The van der Waals surface area contributed by atoms with Crippen LogP contribution in [0, 0.1) is 0 Å². The van der Waals surface area contributed by atoms with Gasteiger partial charge in [-0.3, -0.25) is 9.59 Å². The molecule has 0 aliphatic heterocycles. The van der Waals surface area contributed by atoms with Gasteiger partial charge in [0.1, 0.15) is 11.5 Å². The Hall–Kier alpha value is -3.02. The lowest BCUT2D eigenvalue weighted by Crippen LogP contribution is -2.41. The molecule has 31 heavy (non-hydrogen) atoms. The normalized spacial score (nSPS) is 11.5. The van der Waals surface area contributed by atoms with Crippen molar-refractivity contribution in [2.24, 2.45) is 0 Å². The molecule has 2 aromatic carbocycles. The minimum Gasteiger partial charge on any atom is -0.494 e. The zero-order valence-electron chi connectivity index (χ0n) is 18.8. The lowest BCUT2D eigenvalue weighted by molar-refractivity contribution is 0.0912. The number of nitrogens with one attached hydrogen (secondary N) is 2. The van der Waals surface area contributed by atoms with Crippen LogP contribution in [0.2, 0.25) is 0 Å². The molecule has 0 saturated heterocycles. The Kier molecular flexibility index (Phi) is 10.4. The van der Waals surface area contributed by atoms with Crippen LogP contribution in [0.5, 0.6) is 11.5 Å². The van der Waals surface area contributed by atoms with Crippen LogP contribution in [0.3, 0.4) is 0 Å². The summed E-state index contributed by atoms with van der Waals surface area (Å²) >= 11 is 0. The van der Waals surface area contributed by atoms with Crippen molar-refractivity contribution < 1.29 is 19.1 Å². The van der Waals surface area contributed by atoms with Gasteiger partial charge in [0.15, 0.2) is 0 Å². The largest absolute Gasteiger partial charge is 0.494 e. The third kappa shape index (κ3) is 8.70. The van der Waals surface area contributed by atoms with Gasteiger partial charge in [-0.15, -0.1) is 0 Å². The quantitative estimate of drug-likeness (QED) is 0.459. The zero-order chi connectivity index (χ0) is 22.5. The van der Waals surface area contributed by atoms with E-state index < -0.39 is 0 Å². The van der Waals surface area contributed by atoms with Crippen molar-refractivity contribution in [3.63, 3.8) is 0 Å². The summed E-state index contributed by atoms with van der Waals surface area (Å²) < 4.78 is 11.2. The zero-order valence-corrected chi connectivity index (χ0v) is 18.8. The summed E-state index contributed by atoms with van der Waals surface area (Å²) in [5, 5.41) is 5.75. The molecule has 2 aromatic rings. The van der Waals surface area contributed by atoms with Gasteiger partial charge in [0.05, 0.1) is 13.2 Å². The number of ether oxygens (including phenoxy) is 2. The average molecular weight is 427 g/mol. The summed E-state index contributed by atoms with van der Waals surface area (Å²) in [5.74, 6) is 1.14. The summed E-state index contributed by atoms with van der Waals surface area (Å²) in [6.07, 6.45) is 4.16. The number of hydrogen-bond donors (Lipinski definition) is 2. The second kappa shape index (κ2) is 13.3. The van der Waals surface area contributed by atoms with Gasteiger partial charge in [0.25, 0.3) is 11.8 Å². The number of unbranched alkanes of at least 4 members (excludes halogenated alkanes) is 2. The molecular formula is C25H34N2O4. The summed E-state index contributed by atoms with van der Waals surface area (Å²) in [4.78, 5) is 24.8. The molecule has 0 heterocycles. The number of hydrogen-bond acceptors (Lipinski definition) is 4. The molecule has 0 aliphatic carbocycles. The molecule has 6 heteroatoms. The summed E-state index contributed by atoms with van der Waals surface area (Å²) in [6.45, 7) is 7.75. The van der Waals surface area contributed by atoms with E-state index in [2.05, 4.69) is 24.5 Å². The standard InChI is InChI=1S/C25H34N2O4/c1-4-6-16-30-22-12-8-20(9-13-22)24(28)26-18-19(3)27-25(29)21-10-14-23(15-11-21)31-17-7-5-2/h8-15,19H,4-7,16-18H2,1-3H3,(H,26,28)(H,27,29)/t19-/m0/s1. The maximum absolute atomic E-state index is 12.4. The Morgan fingerprint density at radius 2 is 1.23 bits per heavy atom. The summed E-state index contributed by atoms with van der Waals surface area (Å²) in [6, 6.07) is 13.9. The lowest BCUT2D eigenvalue weighted by atomic mass is 10.2. The molecule has 6 nitrogen and oxygen atoms in total. The van der Waals surface area contributed by atoms with E-state index in [-0.39, 0.29) is 17.9 Å². The number of benzene rings is 2. The van der Waals surface area contributed by atoms with Crippen LogP contribution in [0.1, 0.15) is 67.2 Å². The minimum absolute atomic E-state index is 0.185. The van der Waals surface area contributed by atoms with Crippen LogP contribution in [-0.2, 0) is 0 Å². The van der Waals surface area contributed by atoms with E-state index >= 15 is 0 Å². The SMILES string of the molecule is CCCCOc1ccc(C(=O)NC[C@H](C)NC(=O)c2ccc(OCCCC)cc2)cc1. The Morgan fingerprint density at radius 3 is 1.68 bits per heavy atom. The molecule has 0 radical (unpaired) electrons. The first-order valence-corrected chi connectivity index (χ1v) is 11.1. The van der Waals surface area contributed by atoms with E-state index in [1.807, 2.05) is 6.92 Å². The van der Waals surface area contributed by atoms with Gasteiger partial charge in [-0.25, -0.2) is 0 Å². The predicted molar refractivity (Wildman–Crippen MR) is 123 cm³/mol. The predicted octanol–water partition coefficient (Wildman–Crippen LogP) is 4.59. The molecular weight excluding hydrogens is 392 g/mol. The van der Waals surface area contributed by atoms with E-state index in [0.717, 1.165) is 37.2 Å². The minimum atomic E-state index is -0.214. The molecule has 2 rings (SSSR count). The molecule has 2 amide bonds. The Morgan fingerprint density at radius 1 is 0.774 bits per heavy atom. The number of amides is 2. The number of carbonyl (C=O) groups is 2. The van der Waals surface area contributed by atoms with Crippen molar-refractivity contribution in [1.29, 1.82) is 0 Å². The first-order chi connectivity index (χ1) is 15.0. The van der Waals surface area contributed by atoms with Crippen molar-refractivity contribution >= 4 is 11.8 Å². The molecule has 1 atom stereocenters. The van der Waals surface area contributed by atoms with Crippen LogP contribution in [0.15, 0.2) is 48.5 Å². The summed E-state index contributed by atoms with van der Waals surface area (Å²) in [5.41, 5.74) is 1.11. The van der Waals surface area contributed by atoms with Crippen molar-refractivity contribution in [2.75, 3.05) is 19.8 Å². The van der Waals surface area contributed by atoms with E-state index in [1.165, 1.54) is 0 Å². The third-order valence-electron chi connectivity index (χ3n) is 4.71. The van der Waals surface area contributed by atoms with Gasteiger partial charge in [-0.05, 0) is 68.3 Å². The average Bonchev–Trinajstić information content (AvgIpc) is 2.78. The Balaban J connectivity index is 1.75. The first-order valence-electron chi connectivity index (χ1n) is 11.1. The molecule has 0 aromatic heterocycles. The maximum Gasteiger partial charge on any atom is 0.251 e. The maximum atomic E-state index is 12.4. The highest BCUT2D eigenvalue weighted by Gasteiger charge is 2.12. The molecule has 168 valence electrons. The molecule has 0 saturated carbocycles. The van der Waals surface area contributed by atoms with Crippen LogP contribution in [-0.4, -0.2) is 37.6 Å². The van der Waals surface area contributed by atoms with Crippen molar-refractivity contribution in [3.05, 3.63) is 59.7 Å². The molecule has 2 N–H and O–H groups in total. The monoisotopic (exact) mass is 426 g/mol. The fourth-order valence-corrected chi connectivity index (χ4v) is 2.78. The van der Waals surface area contributed by atoms with Crippen molar-refractivity contribution in [1.82, 2.24) is 10.6 Å². The van der Waals surface area contributed by atoms with Gasteiger partial charge in [-0.1, -0.05) is 26.7 Å². The van der Waals surface area contributed by atoms with Gasteiger partial charge in [0.2, 0.25) is 0 Å². The van der Waals surface area contributed by atoms with Crippen LogP contribution in [0.4, 0.5) is 0 Å². The van der Waals surface area contributed by atoms with E-state index in [4.69, 9.17) is 9.47 Å².